The van der Waals surface area contributed by atoms with E-state index >= 15 is 0 Å². The summed E-state index contributed by atoms with van der Waals surface area (Å²) >= 11 is 0. The highest BCUT2D eigenvalue weighted by molar-refractivity contribution is 6.08. The maximum atomic E-state index is 14.4. The van der Waals surface area contributed by atoms with E-state index in [1.54, 1.807) is 6.20 Å². The van der Waals surface area contributed by atoms with Crippen molar-refractivity contribution in [3.63, 3.8) is 0 Å². The summed E-state index contributed by atoms with van der Waals surface area (Å²) in [6.07, 6.45) is 10.2. The van der Waals surface area contributed by atoms with Gasteiger partial charge in [-0.05, 0) is 69.2 Å². The van der Waals surface area contributed by atoms with E-state index in [4.69, 9.17) is 23.5 Å². The summed E-state index contributed by atoms with van der Waals surface area (Å²) in [7, 11) is 2.05. The van der Waals surface area contributed by atoms with Gasteiger partial charge in [0.1, 0.15) is 17.2 Å². The Bertz CT molecular complexity index is 2640. The Kier molecular flexibility index (Phi) is 7.94. The van der Waals surface area contributed by atoms with Crippen molar-refractivity contribution in [1.29, 1.82) is 0 Å². The maximum Gasteiger partial charge on any atom is 0.249 e. The van der Waals surface area contributed by atoms with E-state index in [-0.39, 0.29) is 11.8 Å². The van der Waals surface area contributed by atoms with Crippen molar-refractivity contribution in [2.45, 2.75) is 77.6 Å². The Morgan fingerprint density at radius 1 is 1.02 bits per heavy atom. The Labute approximate surface area is 326 Å². The highest BCUT2D eigenvalue weighted by Gasteiger charge is 2.61. The number of allylic oxidation sites excluding steroid dienone is 3. The first-order valence-electron chi connectivity index (χ1n) is 19.7. The number of para-hydroxylation sites is 1. The lowest BCUT2D eigenvalue weighted by Gasteiger charge is -2.28. The second kappa shape index (κ2) is 12.8. The molecule has 10 rings (SSSR count). The average molecular weight is 747 g/mol. The van der Waals surface area contributed by atoms with Crippen molar-refractivity contribution >= 4 is 22.5 Å². The number of ether oxygens (including phenoxy) is 1. The Morgan fingerprint density at radius 3 is 2.70 bits per heavy atom. The fourth-order valence-corrected chi connectivity index (χ4v) is 9.22. The van der Waals surface area contributed by atoms with E-state index in [9.17, 15) is 4.79 Å². The minimum atomic E-state index is -0.961. The van der Waals surface area contributed by atoms with Gasteiger partial charge in [-0.15, -0.1) is 0 Å². The molecule has 10 heteroatoms. The molecule has 6 aromatic rings. The first kappa shape index (κ1) is 34.6. The monoisotopic (exact) mass is 746 g/mol. The molecule has 0 aliphatic carbocycles. The number of carbonyl (C=O) groups excluding carboxylic acids is 1. The number of carbonyl (C=O) groups is 1. The Hall–Kier alpha value is -5.87. The second-order valence-electron chi connectivity index (χ2n) is 16.4. The SMILES string of the molecule is CC(C)=CCC/C(C)=C/CN[C@H]1Cc2ccc3c(c2)C24c5cccc(c5NC2O3)-c2cccc3c2c(cn3C)-c2cnc(o2)-c2nc(oc24)[C@H](C(C)C)NC1=O. The highest BCUT2D eigenvalue weighted by Crippen LogP contribution is 2.61. The number of benzene rings is 3. The minimum Gasteiger partial charge on any atom is -0.469 e. The van der Waals surface area contributed by atoms with Gasteiger partial charge in [0.05, 0.1) is 12.2 Å². The Morgan fingerprint density at radius 2 is 1.86 bits per heavy atom. The zero-order valence-corrected chi connectivity index (χ0v) is 32.6. The first-order chi connectivity index (χ1) is 27.1. The third-order valence-corrected chi connectivity index (χ3v) is 12.0. The van der Waals surface area contributed by atoms with Crippen LogP contribution in [-0.4, -0.2) is 39.3 Å². The summed E-state index contributed by atoms with van der Waals surface area (Å²) in [6, 6.07) is 18.1. The zero-order valence-electron chi connectivity index (χ0n) is 32.6. The summed E-state index contributed by atoms with van der Waals surface area (Å²) in [5, 5.41) is 11.9. The van der Waals surface area contributed by atoms with Crippen molar-refractivity contribution < 1.29 is 18.4 Å². The van der Waals surface area contributed by atoms with E-state index in [2.05, 4.69) is 129 Å². The predicted molar refractivity (Wildman–Crippen MR) is 217 cm³/mol. The number of oxazole rings is 2. The molecule has 3 aromatic carbocycles. The van der Waals surface area contributed by atoms with Gasteiger partial charge >= 0.3 is 0 Å². The van der Waals surface area contributed by atoms with Crippen LogP contribution >= 0.6 is 0 Å². The number of aryl methyl sites for hydroxylation is 1. The highest BCUT2D eigenvalue weighted by atomic mass is 16.5. The number of rotatable bonds is 7. The molecule has 0 saturated heterocycles. The lowest BCUT2D eigenvalue weighted by molar-refractivity contribution is -0.124. The normalized spacial score (nSPS) is 21.5. The van der Waals surface area contributed by atoms with E-state index in [1.165, 1.54) is 11.1 Å². The standard InChI is InChI=1S/C46H46N6O4/c1-24(2)10-7-11-26(5)18-19-47-33-21-27-16-17-35-32(20-27)46-31-14-8-13-29(39(31)51-45(46)55-35)28-12-9-15-34-37(28)30(23-52(34)6)36-22-48-43(54-36)40-41(46)56-44(50-40)38(25(3)4)49-42(33)53/h8-10,12-18,20,22-23,25,33,38,45,47,51H,7,11,19,21H2,1-6H3,(H,49,53)/b26-18+/t33-,38-,45?,46?/m0/s1. The van der Waals surface area contributed by atoms with Crippen LogP contribution in [-0.2, 0) is 23.7 Å². The van der Waals surface area contributed by atoms with Crippen LogP contribution in [0.25, 0.3) is 44.9 Å². The molecule has 284 valence electrons. The summed E-state index contributed by atoms with van der Waals surface area (Å²) in [5.74, 6) is 2.54. The van der Waals surface area contributed by atoms with Crippen LogP contribution in [0.3, 0.4) is 0 Å². The minimum absolute atomic E-state index is 0.0458. The first-order valence-corrected chi connectivity index (χ1v) is 19.7. The molecule has 0 fully saturated rings. The summed E-state index contributed by atoms with van der Waals surface area (Å²) in [5.41, 5.74) is 10.3. The number of amides is 1. The van der Waals surface area contributed by atoms with Gasteiger partial charge in [-0.3, -0.25) is 4.79 Å². The van der Waals surface area contributed by atoms with E-state index in [0.717, 1.165) is 68.6 Å². The number of hydrogen-bond donors (Lipinski definition) is 3. The smallest absolute Gasteiger partial charge is 0.249 e. The van der Waals surface area contributed by atoms with Gasteiger partial charge in [-0.1, -0.05) is 79.6 Å². The van der Waals surface area contributed by atoms with Crippen molar-refractivity contribution in [1.82, 2.24) is 25.2 Å². The van der Waals surface area contributed by atoms with E-state index in [0.29, 0.717) is 42.0 Å². The molecular formula is C46H46N6O4. The van der Waals surface area contributed by atoms with E-state index in [1.807, 2.05) is 6.07 Å². The van der Waals surface area contributed by atoms with Crippen LogP contribution < -0.4 is 20.7 Å². The molecule has 10 bridgehead atoms. The van der Waals surface area contributed by atoms with Gasteiger partial charge in [-0.25, -0.2) is 9.97 Å². The number of fused-ring (bicyclic) bond motifs is 7. The van der Waals surface area contributed by atoms with Crippen molar-refractivity contribution in [2.75, 3.05) is 11.9 Å². The van der Waals surface area contributed by atoms with Gasteiger partial charge in [0, 0.05) is 58.6 Å². The molecule has 4 aliphatic heterocycles. The third kappa shape index (κ3) is 5.15. The number of anilines is 1. The topological polar surface area (TPSA) is 119 Å². The van der Waals surface area contributed by atoms with Crippen molar-refractivity contribution in [3.05, 3.63) is 119 Å². The molecule has 1 amide bonds. The van der Waals surface area contributed by atoms with Gasteiger partial charge in [0.2, 0.25) is 17.7 Å². The molecule has 1 spiro atoms. The molecule has 0 saturated carbocycles. The largest absolute Gasteiger partial charge is 0.469 e. The summed E-state index contributed by atoms with van der Waals surface area (Å²) < 4.78 is 22.9. The van der Waals surface area contributed by atoms with Crippen LogP contribution in [0.1, 0.15) is 81.8 Å². The third-order valence-electron chi connectivity index (χ3n) is 12.0. The molecule has 7 heterocycles. The number of aromatic nitrogens is 3. The van der Waals surface area contributed by atoms with Gasteiger partial charge < -0.3 is 34.1 Å². The van der Waals surface area contributed by atoms with Gasteiger partial charge in [-0.2, -0.15) is 0 Å². The second-order valence-corrected chi connectivity index (χ2v) is 16.4. The van der Waals surface area contributed by atoms with Crippen LogP contribution in [0, 0.1) is 5.92 Å². The molecule has 0 radical (unpaired) electrons. The van der Waals surface area contributed by atoms with Crippen LogP contribution in [0.5, 0.6) is 5.75 Å². The van der Waals surface area contributed by atoms with Crippen molar-refractivity contribution in [3.8, 4) is 39.8 Å². The Balaban J connectivity index is 1.19. The molecule has 4 atom stereocenters. The van der Waals surface area contributed by atoms with Crippen LogP contribution in [0.4, 0.5) is 5.69 Å². The lowest BCUT2D eigenvalue weighted by atomic mass is 9.72. The molecular weight excluding hydrogens is 701 g/mol. The molecule has 10 nitrogen and oxygen atoms in total. The summed E-state index contributed by atoms with van der Waals surface area (Å²) in [6.45, 7) is 11.1. The van der Waals surface area contributed by atoms with Crippen molar-refractivity contribution in [2.24, 2.45) is 13.0 Å². The van der Waals surface area contributed by atoms with Gasteiger partial charge in [0.25, 0.3) is 0 Å². The molecule has 56 heavy (non-hydrogen) atoms. The fraction of sp³-hybridized carbons (Fsp3) is 0.326. The number of nitrogens with zero attached hydrogens (tertiary/aromatic N) is 3. The average Bonchev–Trinajstić information content (AvgIpc) is 3.99. The molecule has 2 unspecified atom stereocenters. The zero-order chi connectivity index (χ0) is 38.5. The lowest BCUT2D eigenvalue weighted by Crippen LogP contribution is -2.47. The molecule has 3 aromatic heterocycles. The fourth-order valence-electron chi connectivity index (χ4n) is 9.22. The molecule has 4 aliphatic rings. The maximum absolute atomic E-state index is 14.4. The van der Waals surface area contributed by atoms with Crippen LogP contribution in [0.2, 0.25) is 0 Å². The van der Waals surface area contributed by atoms with E-state index < -0.39 is 23.7 Å². The predicted octanol–water partition coefficient (Wildman–Crippen LogP) is 8.97. The summed E-state index contributed by atoms with van der Waals surface area (Å²) in [4.78, 5) is 24.5. The quantitative estimate of drug-likeness (QED) is 0.139. The number of nitrogens with one attached hydrogen (secondary N) is 3. The molecule has 3 N–H and O–H groups in total. The van der Waals surface area contributed by atoms with Gasteiger partial charge in [0.15, 0.2) is 23.4 Å². The number of hydrogen-bond acceptors (Lipinski definition) is 8. The van der Waals surface area contributed by atoms with Crippen LogP contribution in [0.15, 0.2) is 99.1 Å².